The Kier molecular flexibility index (Phi) is 7.42. The molecule has 2 aromatic rings. The fourth-order valence-electron chi connectivity index (χ4n) is 4.37. The standard InChI is InChI=1S/C25H34N2O3S/c1-5-19-11-15-23(16-12-19)27(31(4,29)30)18(3)25(28)26-24(6-2)22-14-13-20-9-7-8-10-21(20)17-22/h11-18,24H,5-10H2,1-4H3,(H,26,28)/t18-,24+/m0/s1. The summed E-state index contributed by atoms with van der Waals surface area (Å²) in [5.74, 6) is -0.297. The molecule has 0 fully saturated rings. The second kappa shape index (κ2) is 9.86. The van der Waals surface area contributed by atoms with E-state index in [0.29, 0.717) is 5.69 Å². The molecular weight excluding hydrogens is 408 g/mol. The second-order valence-corrected chi connectivity index (χ2v) is 10.3. The van der Waals surface area contributed by atoms with Crippen LogP contribution in [0.25, 0.3) is 0 Å². The van der Waals surface area contributed by atoms with E-state index in [1.807, 2.05) is 26.0 Å². The van der Waals surface area contributed by atoms with Crippen LogP contribution < -0.4 is 9.62 Å². The number of carbonyl (C=O) groups is 1. The van der Waals surface area contributed by atoms with Gasteiger partial charge in [0.25, 0.3) is 0 Å². The van der Waals surface area contributed by atoms with Gasteiger partial charge in [-0.15, -0.1) is 0 Å². The SMILES string of the molecule is CCc1ccc(N([C@@H](C)C(=O)N[C@H](CC)c2ccc3c(c2)CCCC3)S(C)(=O)=O)cc1. The lowest BCUT2D eigenvalue weighted by Gasteiger charge is -2.30. The molecule has 31 heavy (non-hydrogen) atoms. The molecule has 1 N–H and O–H groups in total. The summed E-state index contributed by atoms with van der Waals surface area (Å²) in [4.78, 5) is 13.1. The summed E-state index contributed by atoms with van der Waals surface area (Å²) in [6.07, 6.45) is 7.39. The predicted octanol–water partition coefficient (Wildman–Crippen LogP) is 4.55. The first-order valence-electron chi connectivity index (χ1n) is 11.2. The molecule has 0 aromatic heterocycles. The minimum absolute atomic E-state index is 0.147. The van der Waals surface area contributed by atoms with Crippen LogP contribution in [-0.4, -0.2) is 26.6 Å². The third-order valence-corrected chi connectivity index (χ3v) is 7.43. The third-order valence-electron chi connectivity index (χ3n) is 6.19. The average Bonchev–Trinajstić information content (AvgIpc) is 2.76. The van der Waals surface area contributed by atoms with Gasteiger partial charge in [-0.2, -0.15) is 0 Å². The van der Waals surface area contributed by atoms with E-state index in [4.69, 9.17) is 0 Å². The second-order valence-electron chi connectivity index (χ2n) is 8.46. The summed E-state index contributed by atoms with van der Waals surface area (Å²) in [6.45, 7) is 5.72. The van der Waals surface area contributed by atoms with E-state index < -0.39 is 16.1 Å². The highest BCUT2D eigenvalue weighted by Crippen LogP contribution is 2.27. The molecular formula is C25H34N2O3S. The Morgan fingerprint density at radius 1 is 1.03 bits per heavy atom. The number of nitrogens with one attached hydrogen (secondary N) is 1. The van der Waals surface area contributed by atoms with Gasteiger partial charge in [0.1, 0.15) is 6.04 Å². The lowest BCUT2D eigenvalue weighted by atomic mass is 9.88. The maximum absolute atomic E-state index is 13.1. The van der Waals surface area contributed by atoms with Crippen LogP contribution in [0.5, 0.6) is 0 Å². The molecule has 0 unspecified atom stereocenters. The molecule has 1 aliphatic carbocycles. The predicted molar refractivity (Wildman–Crippen MR) is 127 cm³/mol. The summed E-state index contributed by atoms with van der Waals surface area (Å²) < 4.78 is 26.3. The molecule has 0 heterocycles. The van der Waals surface area contributed by atoms with Gasteiger partial charge < -0.3 is 5.32 Å². The number of fused-ring (bicyclic) bond motifs is 1. The highest BCUT2D eigenvalue weighted by molar-refractivity contribution is 7.92. The summed E-state index contributed by atoms with van der Waals surface area (Å²) in [5.41, 5.74) is 5.49. The summed E-state index contributed by atoms with van der Waals surface area (Å²) in [5, 5.41) is 3.09. The zero-order valence-corrected chi connectivity index (χ0v) is 19.8. The molecule has 0 spiro atoms. The topological polar surface area (TPSA) is 66.5 Å². The van der Waals surface area contributed by atoms with E-state index in [1.54, 1.807) is 19.1 Å². The van der Waals surface area contributed by atoms with E-state index in [-0.39, 0.29) is 11.9 Å². The van der Waals surface area contributed by atoms with Crippen LogP contribution in [0.2, 0.25) is 0 Å². The highest BCUT2D eigenvalue weighted by Gasteiger charge is 2.30. The number of nitrogens with zero attached hydrogens (tertiary/aromatic N) is 1. The van der Waals surface area contributed by atoms with Crippen LogP contribution in [0.15, 0.2) is 42.5 Å². The Labute approximate surface area is 186 Å². The Hall–Kier alpha value is -2.34. The van der Waals surface area contributed by atoms with Crippen LogP contribution in [0.3, 0.4) is 0 Å². The van der Waals surface area contributed by atoms with Gasteiger partial charge in [0.15, 0.2) is 0 Å². The molecule has 0 saturated heterocycles. The maximum Gasteiger partial charge on any atom is 0.244 e. The highest BCUT2D eigenvalue weighted by atomic mass is 32.2. The zero-order valence-electron chi connectivity index (χ0n) is 19.0. The van der Waals surface area contributed by atoms with Crippen molar-refractivity contribution in [1.29, 1.82) is 0 Å². The fraction of sp³-hybridized carbons (Fsp3) is 0.480. The lowest BCUT2D eigenvalue weighted by molar-refractivity contribution is -0.122. The normalized spacial score (nSPS) is 15.6. The number of hydrogen-bond acceptors (Lipinski definition) is 3. The molecule has 2 atom stereocenters. The van der Waals surface area contributed by atoms with Crippen molar-refractivity contribution in [3.05, 3.63) is 64.7 Å². The number of aryl methyl sites for hydroxylation is 3. The van der Waals surface area contributed by atoms with Crippen molar-refractivity contribution in [3.63, 3.8) is 0 Å². The van der Waals surface area contributed by atoms with E-state index in [1.165, 1.54) is 28.3 Å². The van der Waals surface area contributed by atoms with Crippen molar-refractivity contribution in [2.45, 2.75) is 71.4 Å². The molecule has 0 saturated carbocycles. The fourth-order valence-corrected chi connectivity index (χ4v) is 5.55. The lowest BCUT2D eigenvalue weighted by Crippen LogP contribution is -2.48. The van der Waals surface area contributed by atoms with Crippen molar-refractivity contribution in [2.75, 3.05) is 10.6 Å². The van der Waals surface area contributed by atoms with E-state index in [9.17, 15) is 13.2 Å². The Morgan fingerprint density at radius 3 is 2.26 bits per heavy atom. The van der Waals surface area contributed by atoms with Crippen LogP contribution in [0, 0.1) is 0 Å². The van der Waals surface area contributed by atoms with Crippen molar-refractivity contribution in [1.82, 2.24) is 5.32 Å². The van der Waals surface area contributed by atoms with Gasteiger partial charge in [-0.3, -0.25) is 9.10 Å². The van der Waals surface area contributed by atoms with E-state index >= 15 is 0 Å². The first-order chi connectivity index (χ1) is 14.7. The van der Waals surface area contributed by atoms with Gasteiger partial charge >= 0.3 is 0 Å². The Bertz CT molecular complexity index is 1020. The number of anilines is 1. The van der Waals surface area contributed by atoms with E-state index in [2.05, 4.69) is 23.5 Å². The van der Waals surface area contributed by atoms with Gasteiger partial charge in [0, 0.05) is 0 Å². The van der Waals surface area contributed by atoms with Crippen molar-refractivity contribution >= 4 is 21.6 Å². The van der Waals surface area contributed by atoms with Crippen molar-refractivity contribution < 1.29 is 13.2 Å². The van der Waals surface area contributed by atoms with Crippen LogP contribution in [-0.2, 0) is 34.1 Å². The zero-order chi connectivity index (χ0) is 22.6. The number of benzene rings is 2. The minimum atomic E-state index is -3.63. The summed E-state index contributed by atoms with van der Waals surface area (Å²) in [6, 6.07) is 12.8. The molecule has 5 nitrogen and oxygen atoms in total. The van der Waals surface area contributed by atoms with Gasteiger partial charge in [-0.1, -0.05) is 44.2 Å². The van der Waals surface area contributed by atoms with Crippen LogP contribution >= 0.6 is 0 Å². The van der Waals surface area contributed by atoms with Crippen LogP contribution in [0.4, 0.5) is 5.69 Å². The van der Waals surface area contributed by atoms with Gasteiger partial charge in [-0.05, 0) is 79.8 Å². The number of hydrogen-bond donors (Lipinski definition) is 1. The van der Waals surface area contributed by atoms with Crippen molar-refractivity contribution in [2.24, 2.45) is 0 Å². The summed E-state index contributed by atoms with van der Waals surface area (Å²) in [7, 11) is -3.63. The smallest absolute Gasteiger partial charge is 0.244 e. The van der Waals surface area contributed by atoms with E-state index in [0.717, 1.165) is 43.1 Å². The first-order valence-corrected chi connectivity index (χ1v) is 13.1. The first kappa shape index (κ1) is 23.3. The van der Waals surface area contributed by atoms with Gasteiger partial charge in [0.05, 0.1) is 18.0 Å². The molecule has 3 rings (SSSR count). The molecule has 0 aliphatic heterocycles. The third kappa shape index (κ3) is 5.48. The average molecular weight is 443 g/mol. The van der Waals surface area contributed by atoms with Crippen molar-refractivity contribution in [3.8, 4) is 0 Å². The van der Waals surface area contributed by atoms with Gasteiger partial charge in [-0.25, -0.2) is 8.42 Å². The van der Waals surface area contributed by atoms with Crippen LogP contribution in [0.1, 0.15) is 68.3 Å². The quantitative estimate of drug-likeness (QED) is 0.652. The molecule has 6 heteroatoms. The summed E-state index contributed by atoms with van der Waals surface area (Å²) >= 11 is 0. The largest absolute Gasteiger partial charge is 0.347 e. The minimum Gasteiger partial charge on any atom is -0.347 e. The Morgan fingerprint density at radius 2 is 1.68 bits per heavy atom. The molecule has 168 valence electrons. The molecule has 2 aromatic carbocycles. The number of carbonyl (C=O) groups excluding carboxylic acids is 1. The monoisotopic (exact) mass is 442 g/mol. The molecule has 1 aliphatic rings. The Balaban J connectivity index is 1.81. The molecule has 1 amide bonds. The molecule has 0 bridgehead atoms. The van der Waals surface area contributed by atoms with Gasteiger partial charge in [0.2, 0.25) is 15.9 Å². The number of amides is 1. The molecule has 0 radical (unpaired) electrons. The number of sulfonamides is 1. The maximum atomic E-state index is 13.1. The number of rotatable bonds is 8.